The van der Waals surface area contributed by atoms with Crippen molar-refractivity contribution in [3.8, 4) is 0 Å². The molecule has 1 aromatic rings. The lowest BCUT2D eigenvalue weighted by atomic mass is 9.85. The number of carbonyl (C=O) groups is 3. The zero-order valence-corrected chi connectivity index (χ0v) is 18.4. The van der Waals surface area contributed by atoms with Gasteiger partial charge >= 0.3 is 0 Å². The molecule has 0 N–H and O–H groups in total. The maximum Gasteiger partial charge on any atom is 0.243 e. The van der Waals surface area contributed by atoms with E-state index in [1.165, 1.54) is 9.21 Å². The number of carbonyl (C=O) groups excluding carboxylic acids is 3. The first-order chi connectivity index (χ1) is 14.8. The van der Waals surface area contributed by atoms with Crippen LogP contribution in [0.5, 0.6) is 0 Å². The van der Waals surface area contributed by atoms with Crippen molar-refractivity contribution < 1.29 is 22.8 Å². The van der Waals surface area contributed by atoms with Crippen molar-refractivity contribution in [2.24, 2.45) is 11.8 Å². The molecule has 3 amide bonds. The van der Waals surface area contributed by atoms with E-state index in [-0.39, 0.29) is 60.5 Å². The van der Waals surface area contributed by atoms with Crippen LogP contribution in [-0.4, -0.2) is 73.0 Å². The van der Waals surface area contributed by atoms with Crippen molar-refractivity contribution in [2.45, 2.75) is 31.1 Å². The number of aryl methyl sites for hydroxylation is 1. The van der Waals surface area contributed by atoms with Crippen LogP contribution in [0.25, 0.3) is 0 Å². The maximum absolute atomic E-state index is 12.8. The van der Waals surface area contributed by atoms with Gasteiger partial charge < -0.3 is 4.90 Å². The van der Waals surface area contributed by atoms with Crippen molar-refractivity contribution >= 4 is 27.7 Å². The average Bonchev–Trinajstić information content (AvgIpc) is 3.02. The van der Waals surface area contributed by atoms with Gasteiger partial charge in [0.2, 0.25) is 27.7 Å². The van der Waals surface area contributed by atoms with Crippen LogP contribution in [0.15, 0.2) is 41.3 Å². The van der Waals surface area contributed by atoms with Crippen molar-refractivity contribution in [1.29, 1.82) is 0 Å². The highest BCUT2D eigenvalue weighted by Gasteiger charge is 2.47. The summed E-state index contributed by atoms with van der Waals surface area (Å²) in [6.45, 7) is 3.01. The molecule has 2 fully saturated rings. The van der Waals surface area contributed by atoms with Crippen molar-refractivity contribution in [1.82, 2.24) is 14.1 Å². The van der Waals surface area contributed by atoms with Gasteiger partial charge in [-0.2, -0.15) is 4.31 Å². The smallest absolute Gasteiger partial charge is 0.243 e. The average molecular weight is 446 g/mol. The molecule has 0 spiro atoms. The van der Waals surface area contributed by atoms with Gasteiger partial charge in [-0.1, -0.05) is 29.8 Å². The van der Waals surface area contributed by atoms with E-state index in [9.17, 15) is 22.8 Å². The second kappa shape index (κ2) is 8.55. The summed E-state index contributed by atoms with van der Waals surface area (Å²) in [6.07, 6.45) is 5.10. The summed E-state index contributed by atoms with van der Waals surface area (Å²) >= 11 is 0. The number of hydrogen-bond donors (Lipinski definition) is 0. The summed E-state index contributed by atoms with van der Waals surface area (Å²) in [4.78, 5) is 40.8. The number of piperazine rings is 1. The Morgan fingerprint density at radius 3 is 2.03 bits per heavy atom. The van der Waals surface area contributed by atoms with Gasteiger partial charge in [-0.05, 0) is 31.9 Å². The van der Waals surface area contributed by atoms with Crippen molar-refractivity contribution in [3.63, 3.8) is 0 Å². The summed E-state index contributed by atoms with van der Waals surface area (Å²) in [5.74, 6) is -1.10. The van der Waals surface area contributed by atoms with E-state index in [4.69, 9.17) is 0 Å². The molecule has 1 aromatic carbocycles. The van der Waals surface area contributed by atoms with Crippen LogP contribution in [0.2, 0.25) is 0 Å². The van der Waals surface area contributed by atoms with E-state index in [0.717, 1.165) is 5.56 Å². The highest BCUT2D eigenvalue weighted by atomic mass is 32.2. The molecule has 31 heavy (non-hydrogen) atoms. The van der Waals surface area contributed by atoms with E-state index in [1.807, 2.05) is 19.1 Å². The quantitative estimate of drug-likeness (QED) is 0.501. The zero-order chi connectivity index (χ0) is 22.2. The fraction of sp³-hybridized carbons (Fsp3) is 0.500. The van der Waals surface area contributed by atoms with Gasteiger partial charge in [0.1, 0.15) is 0 Å². The van der Waals surface area contributed by atoms with Gasteiger partial charge in [-0.15, -0.1) is 0 Å². The predicted octanol–water partition coefficient (Wildman–Crippen LogP) is 1.17. The molecular formula is C22H27N3O5S. The number of amides is 3. The number of nitrogens with zero attached hydrogens (tertiary/aromatic N) is 3. The van der Waals surface area contributed by atoms with Crippen LogP contribution in [0.1, 0.15) is 24.8 Å². The molecule has 0 saturated carbocycles. The fourth-order valence-corrected chi connectivity index (χ4v) is 5.91. The second-order valence-corrected chi connectivity index (χ2v) is 10.3. The minimum absolute atomic E-state index is 0.0645. The largest absolute Gasteiger partial charge is 0.340 e. The van der Waals surface area contributed by atoms with E-state index in [2.05, 4.69) is 0 Å². The zero-order valence-electron chi connectivity index (χ0n) is 17.6. The van der Waals surface area contributed by atoms with Crippen LogP contribution in [-0.2, 0) is 24.4 Å². The predicted molar refractivity (Wildman–Crippen MR) is 113 cm³/mol. The Balaban J connectivity index is 1.30. The molecule has 1 aliphatic carbocycles. The molecule has 2 atom stereocenters. The summed E-state index contributed by atoms with van der Waals surface area (Å²) in [5, 5.41) is 0. The lowest BCUT2D eigenvalue weighted by Crippen LogP contribution is -2.51. The number of likely N-dealkylation sites (tertiary alicyclic amines) is 1. The third kappa shape index (κ3) is 4.16. The van der Waals surface area contributed by atoms with E-state index >= 15 is 0 Å². The normalized spacial score (nSPS) is 24.5. The van der Waals surface area contributed by atoms with E-state index in [0.29, 0.717) is 25.9 Å². The topological polar surface area (TPSA) is 95.1 Å². The molecule has 2 aliphatic heterocycles. The number of hydrogen-bond acceptors (Lipinski definition) is 5. The first-order valence-corrected chi connectivity index (χ1v) is 12.1. The minimum Gasteiger partial charge on any atom is -0.340 e. The molecular weight excluding hydrogens is 418 g/mol. The molecule has 0 radical (unpaired) electrons. The monoisotopic (exact) mass is 445 g/mol. The lowest BCUT2D eigenvalue weighted by Gasteiger charge is -2.34. The molecule has 166 valence electrons. The molecule has 0 bridgehead atoms. The van der Waals surface area contributed by atoms with Gasteiger partial charge in [0.05, 0.1) is 16.7 Å². The third-order valence-corrected chi connectivity index (χ3v) is 8.31. The van der Waals surface area contributed by atoms with Crippen LogP contribution in [0.4, 0.5) is 0 Å². The number of sulfonamides is 1. The Morgan fingerprint density at radius 2 is 1.48 bits per heavy atom. The first kappa shape index (κ1) is 21.7. The molecule has 2 saturated heterocycles. The second-order valence-electron chi connectivity index (χ2n) is 8.33. The molecule has 3 aliphatic rings. The van der Waals surface area contributed by atoms with Gasteiger partial charge in [0.15, 0.2) is 0 Å². The number of fused-ring (bicyclic) bond motifs is 1. The van der Waals surface area contributed by atoms with Gasteiger partial charge in [0.25, 0.3) is 0 Å². The number of allylic oxidation sites excluding steroid dienone is 2. The van der Waals surface area contributed by atoms with E-state index < -0.39 is 10.0 Å². The maximum atomic E-state index is 12.8. The number of rotatable bonds is 5. The third-order valence-electron chi connectivity index (χ3n) is 6.40. The summed E-state index contributed by atoms with van der Waals surface area (Å²) in [6, 6.07) is 6.72. The van der Waals surface area contributed by atoms with Crippen molar-refractivity contribution in [3.05, 3.63) is 42.0 Å². The standard InChI is InChI=1S/C22H27N3O5S/c1-16-6-8-17(9-7-16)31(29,30)24-14-12-23(13-15-24)20(26)10-11-25-21(27)18-4-2-3-5-19(18)22(25)28/h2-3,6-9,18-19H,4-5,10-15H2,1H3/t18-,19+. The molecule has 4 rings (SSSR count). The van der Waals surface area contributed by atoms with Gasteiger partial charge in [0, 0.05) is 39.1 Å². The van der Waals surface area contributed by atoms with Crippen LogP contribution >= 0.6 is 0 Å². The Bertz CT molecular complexity index is 984. The highest BCUT2D eigenvalue weighted by Crippen LogP contribution is 2.35. The molecule has 9 heteroatoms. The van der Waals surface area contributed by atoms with Crippen LogP contribution < -0.4 is 0 Å². The van der Waals surface area contributed by atoms with E-state index in [1.54, 1.807) is 29.2 Å². The fourth-order valence-electron chi connectivity index (χ4n) is 4.49. The number of imide groups is 1. The van der Waals surface area contributed by atoms with Crippen LogP contribution in [0.3, 0.4) is 0 Å². The summed E-state index contributed by atoms with van der Waals surface area (Å²) in [5.41, 5.74) is 0.986. The molecule has 8 nitrogen and oxygen atoms in total. The summed E-state index contributed by atoms with van der Waals surface area (Å²) < 4.78 is 27.0. The minimum atomic E-state index is -3.59. The highest BCUT2D eigenvalue weighted by molar-refractivity contribution is 7.89. The Hall–Kier alpha value is -2.52. The van der Waals surface area contributed by atoms with Crippen LogP contribution in [0, 0.1) is 18.8 Å². The SMILES string of the molecule is Cc1ccc(S(=O)(=O)N2CCN(C(=O)CCN3C(=O)[C@H]4CC=CC[C@H]4C3=O)CC2)cc1. The number of benzene rings is 1. The van der Waals surface area contributed by atoms with Gasteiger partial charge in [-0.3, -0.25) is 19.3 Å². The molecule has 0 unspecified atom stereocenters. The Morgan fingerprint density at radius 1 is 0.935 bits per heavy atom. The molecule has 0 aromatic heterocycles. The molecule has 2 heterocycles. The Kier molecular flexibility index (Phi) is 5.98. The summed E-state index contributed by atoms with van der Waals surface area (Å²) in [7, 11) is -3.59. The first-order valence-electron chi connectivity index (χ1n) is 10.6. The van der Waals surface area contributed by atoms with Gasteiger partial charge in [-0.25, -0.2) is 8.42 Å². The lowest BCUT2D eigenvalue weighted by molar-refractivity contribution is -0.141. The van der Waals surface area contributed by atoms with Crippen molar-refractivity contribution in [2.75, 3.05) is 32.7 Å². The Labute approximate surface area is 182 Å².